The van der Waals surface area contributed by atoms with Gasteiger partial charge in [-0.15, -0.1) is 0 Å². The Balaban J connectivity index is 2.10. The summed E-state index contributed by atoms with van der Waals surface area (Å²) in [6.45, 7) is 1.79. The Morgan fingerprint density at radius 1 is 1.20 bits per heavy atom. The second kappa shape index (κ2) is 8.05. The lowest BCUT2D eigenvalue weighted by molar-refractivity contribution is 0.606. The highest BCUT2D eigenvalue weighted by atomic mass is 127. The van der Waals surface area contributed by atoms with Gasteiger partial charge in [0.1, 0.15) is 5.82 Å². The average Bonchev–Trinajstić information content (AvgIpc) is 2.23. The van der Waals surface area contributed by atoms with Gasteiger partial charge in [0.25, 0.3) is 0 Å². The molecule has 0 aliphatic rings. The summed E-state index contributed by atoms with van der Waals surface area (Å²) >= 11 is 2.40. The number of halogens is 2. The molecule has 1 nitrogen and oxygen atoms in total. The van der Waals surface area contributed by atoms with E-state index in [1.165, 1.54) is 29.8 Å². The van der Waals surface area contributed by atoms with Crippen LogP contribution in [0.25, 0.3) is 0 Å². The SMILES string of the molecule is Fc1cccc(CNCCCCCI)c1. The molecule has 0 fully saturated rings. The molecule has 15 heavy (non-hydrogen) atoms. The van der Waals surface area contributed by atoms with Gasteiger partial charge < -0.3 is 5.32 Å². The van der Waals surface area contributed by atoms with Gasteiger partial charge in [-0.25, -0.2) is 4.39 Å². The topological polar surface area (TPSA) is 12.0 Å². The lowest BCUT2D eigenvalue weighted by Crippen LogP contribution is -2.14. The molecular formula is C12H17FIN. The smallest absolute Gasteiger partial charge is 0.123 e. The van der Waals surface area contributed by atoms with Gasteiger partial charge >= 0.3 is 0 Å². The quantitative estimate of drug-likeness (QED) is 0.460. The first-order valence-corrected chi connectivity index (χ1v) is 6.86. The number of rotatable bonds is 7. The van der Waals surface area contributed by atoms with Crippen molar-refractivity contribution in [3.05, 3.63) is 35.6 Å². The van der Waals surface area contributed by atoms with Crippen molar-refractivity contribution in [2.45, 2.75) is 25.8 Å². The number of nitrogens with one attached hydrogen (secondary N) is 1. The standard InChI is InChI=1S/C12H17FIN/c13-12-6-4-5-11(9-12)10-15-8-3-1-2-7-14/h4-6,9,15H,1-3,7-8,10H2. The van der Waals surface area contributed by atoms with Crippen molar-refractivity contribution >= 4 is 22.6 Å². The molecule has 0 bridgehead atoms. The summed E-state index contributed by atoms with van der Waals surface area (Å²) < 4.78 is 14.1. The molecular weight excluding hydrogens is 304 g/mol. The lowest BCUT2D eigenvalue weighted by atomic mass is 10.2. The Kier molecular flexibility index (Phi) is 6.92. The van der Waals surface area contributed by atoms with Crippen LogP contribution in [-0.2, 0) is 6.54 Å². The van der Waals surface area contributed by atoms with Crippen molar-refractivity contribution in [2.24, 2.45) is 0 Å². The second-order valence-corrected chi connectivity index (χ2v) is 4.64. The molecule has 0 aromatic heterocycles. The van der Waals surface area contributed by atoms with Crippen LogP contribution in [-0.4, -0.2) is 11.0 Å². The summed E-state index contributed by atoms with van der Waals surface area (Å²) in [6, 6.07) is 6.76. The van der Waals surface area contributed by atoms with Gasteiger partial charge in [-0.05, 0) is 41.5 Å². The molecule has 84 valence electrons. The van der Waals surface area contributed by atoms with Gasteiger partial charge in [0, 0.05) is 6.54 Å². The van der Waals surface area contributed by atoms with E-state index in [0.29, 0.717) is 0 Å². The first-order valence-electron chi connectivity index (χ1n) is 5.34. The zero-order chi connectivity index (χ0) is 10.9. The van der Waals surface area contributed by atoms with E-state index in [0.717, 1.165) is 18.7 Å². The van der Waals surface area contributed by atoms with Gasteiger partial charge in [-0.2, -0.15) is 0 Å². The van der Waals surface area contributed by atoms with Gasteiger partial charge in [-0.1, -0.05) is 41.1 Å². The van der Waals surface area contributed by atoms with E-state index in [2.05, 4.69) is 27.9 Å². The van der Waals surface area contributed by atoms with Crippen molar-refractivity contribution in [3.8, 4) is 0 Å². The fraction of sp³-hybridized carbons (Fsp3) is 0.500. The van der Waals surface area contributed by atoms with Crippen molar-refractivity contribution < 1.29 is 4.39 Å². The van der Waals surface area contributed by atoms with Gasteiger partial charge in [-0.3, -0.25) is 0 Å². The van der Waals surface area contributed by atoms with Crippen LogP contribution >= 0.6 is 22.6 Å². The Labute approximate surface area is 105 Å². The molecule has 1 rings (SSSR count). The minimum Gasteiger partial charge on any atom is -0.313 e. The van der Waals surface area contributed by atoms with E-state index >= 15 is 0 Å². The first-order chi connectivity index (χ1) is 7.33. The van der Waals surface area contributed by atoms with Crippen LogP contribution in [0.1, 0.15) is 24.8 Å². The van der Waals surface area contributed by atoms with Crippen molar-refractivity contribution in [1.82, 2.24) is 5.32 Å². The Bertz CT molecular complexity index is 278. The van der Waals surface area contributed by atoms with Crippen LogP contribution in [0.5, 0.6) is 0 Å². The highest BCUT2D eigenvalue weighted by Gasteiger charge is 1.94. The number of unbranched alkanes of at least 4 members (excludes halogenated alkanes) is 2. The molecule has 0 amide bonds. The van der Waals surface area contributed by atoms with Crippen LogP contribution < -0.4 is 5.32 Å². The number of benzene rings is 1. The van der Waals surface area contributed by atoms with Gasteiger partial charge in [0.2, 0.25) is 0 Å². The highest BCUT2D eigenvalue weighted by Crippen LogP contribution is 2.03. The van der Waals surface area contributed by atoms with Crippen LogP contribution in [0, 0.1) is 5.82 Å². The van der Waals surface area contributed by atoms with Gasteiger partial charge in [0.15, 0.2) is 0 Å². The Morgan fingerprint density at radius 3 is 2.80 bits per heavy atom. The van der Waals surface area contributed by atoms with E-state index in [4.69, 9.17) is 0 Å². The normalized spacial score (nSPS) is 10.5. The minimum atomic E-state index is -0.154. The Morgan fingerprint density at radius 2 is 2.07 bits per heavy atom. The van der Waals surface area contributed by atoms with E-state index in [1.54, 1.807) is 12.1 Å². The van der Waals surface area contributed by atoms with E-state index in [-0.39, 0.29) is 5.82 Å². The van der Waals surface area contributed by atoms with E-state index in [1.807, 2.05) is 6.07 Å². The Hall–Kier alpha value is -0.160. The zero-order valence-corrected chi connectivity index (χ0v) is 11.0. The predicted octanol–water partition coefficient (Wildman–Crippen LogP) is 3.52. The van der Waals surface area contributed by atoms with Gasteiger partial charge in [0.05, 0.1) is 0 Å². The molecule has 0 saturated carbocycles. The third-order valence-corrected chi connectivity index (χ3v) is 2.97. The zero-order valence-electron chi connectivity index (χ0n) is 8.81. The number of hydrogen-bond acceptors (Lipinski definition) is 1. The van der Waals surface area contributed by atoms with E-state index in [9.17, 15) is 4.39 Å². The third-order valence-electron chi connectivity index (χ3n) is 2.21. The van der Waals surface area contributed by atoms with Crippen LogP contribution in [0.15, 0.2) is 24.3 Å². The third kappa shape index (κ3) is 6.10. The fourth-order valence-corrected chi connectivity index (χ4v) is 1.94. The van der Waals surface area contributed by atoms with Crippen LogP contribution in [0.4, 0.5) is 4.39 Å². The maximum atomic E-state index is 12.8. The molecule has 3 heteroatoms. The molecule has 0 saturated heterocycles. The van der Waals surface area contributed by atoms with Crippen molar-refractivity contribution in [2.75, 3.05) is 11.0 Å². The largest absolute Gasteiger partial charge is 0.313 e. The maximum Gasteiger partial charge on any atom is 0.123 e. The molecule has 0 spiro atoms. The summed E-state index contributed by atoms with van der Waals surface area (Å²) in [5.41, 5.74) is 1.02. The average molecular weight is 321 g/mol. The molecule has 0 aliphatic heterocycles. The van der Waals surface area contributed by atoms with Crippen molar-refractivity contribution in [3.63, 3.8) is 0 Å². The molecule has 1 N–H and O–H groups in total. The molecule has 0 unspecified atom stereocenters. The monoisotopic (exact) mass is 321 g/mol. The second-order valence-electron chi connectivity index (χ2n) is 3.56. The summed E-state index contributed by atoms with van der Waals surface area (Å²) in [5.74, 6) is -0.154. The molecule has 0 radical (unpaired) electrons. The molecule has 0 atom stereocenters. The molecule has 0 heterocycles. The minimum absolute atomic E-state index is 0.154. The summed E-state index contributed by atoms with van der Waals surface area (Å²) in [5, 5.41) is 3.32. The summed E-state index contributed by atoms with van der Waals surface area (Å²) in [4.78, 5) is 0. The summed E-state index contributed by atoms with van der Waals surface area (Å²) in [6.07, 6.45) is 3.78. The first kappa shape index (κ1) is 12.9. The highest BCUT2D eigenvalue weighted by molar-refractivity contribution is 14.1. The molecule has 1 aromatic carbocycles. The molecule has 1 aromatic rings. The fourth-order valence-electron chi connectivity index (χ4n) is 1.40. The summed E-state index contributed by atoms with van der Waals surface area (Å²) in [7, 11) is 0. The number of alkyl halides is 1. The van der Waals surface area contributed by atoms with E-state index < -0.39 is 0 Å². The van der Waals surface area contributed by atoms with Crippen molar-refractivity contribution in [1.29, 1.82) is 0 Å². The lowest BCUT2D eigenvalue weighted by Gasteiger charge is -2.04. The predicted molar refractivity (Wildman–Crippen MR) is 70.8 cm³/mol. The van der Waals surface area contributed by atoms with Crippen LogP contribution in [0.2, 0.25) is 0 Å². The number of hydrogen-bond donors (Lipinski definition) is 1. The maximum absolute atomic E-state index is 12.8. The molecule has 0 aliphatic carbocycles. The van der Waals surface area contributed by atoms with Crippen LogP contribution in [0.3, 0.4) is 0 Å².